The summed E-state index contributed by atoms with van der Waals surface area (Å²) in [6.45, 7) is 5.37. The second-order valence-electron chi connectivity index (χ2n) is 4.47. The molecule has 0 N–H and O–H groups in total. The van der Waals surface area contributed by atoms with E-state index >= 15 is 0 Å². The number of carbonyl (C=O) groups is 2. The lowest BCUT2D eigenvalue weighted by Gasteiger charge is -2.22. The molecular weight excluding hydrogens is 286 g/mol. The third-order valence-corrected chi connectivity index (χ3v) is 3.06. The molecule has 1 amide bonds. The van der Waals surface area contributed by atoms with E-state index in [4.69, 9.17) is 9.47 Å². The molecule has 0 aliphatic heterocycles. The number of rotatable bonds is 10. The maximum Gasteiger partial charge on any atom is 0.337 e. The van der Waals surface area contributed by atoms with Crippen LogP contribution in [0.3, 0.4) is 0 Å². The van der Waals surface area contributed by atoms with Crippen molar-refractivity contribution in [3.63, 3.8) is 0 Å². The predicted molar refractivity (Wildman–Crippen MR) is 82.8 cm³/mol. The fourth-order valence-corrected chi connectivity index (χ4v) is 1.98. The zero-order valence-electron chi connectivity index (χ0n) is 13.3. The molecule has 6 nitrogen and oxygen atoms in total. The van der Waals surface area contributed by atoms with Gasteiger partial charge < -0.3 is 19.1 Å². The Kier molecular flexibility index (Phi) is 8.17. The summed E-state index contributed by atoms with van der Waals surface area (Å²) < 4.78 is 15.5. The number of carbonyl (C=O) groups excluding carboxylic acids is 2. The van der Waals surface area contributed by atoms with E-state index in [9.17, 15) is 9.59 Å². The van der Waals surface area contributed by atoms with E-state index in [1.807, 2.05) is 13.8 Å². The van der Waals surface area contributed by atoms with Gasteiger partial charge in [0.15, 0.2) is 6.29 Å². The molecule has 0 atom stereocenters. The summed E-state index contributed by atoms with van der Waals surface area (Å²) in [6.07, 6.45) is 0.994. The van der Waals surface area contributed by atoms with Gasteiger partial charge in [-0.3, -0.25) is 4.79 Å². The van der Waals surface area contributed by atoms with Crippen LogP contribution in [0.4, 0.5) is 5.69 Å². The highest BCUT2D eigenvalue weighted by Gasteiger charge is 2.13. The summed E-state index contributed by atoms with van der Waals surface area (Å²) in [5.41, 5.74) is 1.15. The Morgan fingerprint density at radius 2 is 1.77 bits per heavy atom. The smallest absolute Gasteiger partial charge is 0.337 e. The monoisotopic (exact) mass is 309 g/mol. The van der Waals surface area contributed by atoms with E-state index in [0.29, 0.717) is 37.4 Å². The summed E-state index contributed by atoms with van der Waals surface area (Å²) in [6, 6.07) is 6.66. The van der Waals surface area contributed by atoms with Gasteiger partial charge in [0.05, 0.1) is 12.7 Å². The zero-order chi connectivity index (χ0) is 16.4. The highest BCUT2D eigenvalue weighted by atomic mass is 16.7. The molecule has 0 spiro atoms. The van der Waals surface area contributed by atoms with Crippen LogP contribution in [0.25, 0.3) is 0 Å². The maximum atomic E-state index is 11.4. The quantitative estimate of drug-likeness (QED) is 0.377. The van der Waals surface area contributed by atoms with Crippen molar-refractivity contribution in [1.82, 2.24) is 0 Å². The minimum Gasteiger partial charge on any atom is -0.465 e. The van der Waals surface area contributed by atoms with E-state index < -0.39 is 5.97 Å². The van der Waals surface area contributed by atoms with Crippen LogP contribution < -0.4 is 4.90 Å². The summed E-state index contributed by atoms with van der Waals surface area (Å²) in [5, 5.41) is 0. The van der Waals surface area contributed by atoms with Crippen LogP contribution in [0.1, 0.15) is 30.6 Å². The number of esters is 1. The summed E-state index contributed by atoms with van der Waals surface area (Å²) >= 11 is 0. The van der Waals surface area contributed by atoms with Crippen LogP contribution in [0.15, 0.2) is 24.3 Å². The normalized spacial score (nSPS) is 10.5. The lowest BCUT2D eigenvalue weighted by atomic mass is 10.2. The van der Waals surface area contributed by atoms with Crippen molar-refractivity contribution in [2.45, 2.75) is 26.6 Å². The standard InChI is InChI=1S/C16H23NO5/c1-4-21-15(22-5-2)10-11-17(12-18)14-8-6-13(7-9-14)16(19)20-3/h6-9,12,15H,4-5,10-11H2,1-3H3. The van der Waals surface area contributed by atoms with Crippen molar-refractivity contribution >= 4 is 18.1 Å². The SMILES string of the molecule is CCOC(CCN(C=O)c1ccc(C(=O)OC)cc1)OCC. The Hall–Kier alpha value is -1.92. The van der Waals surface area contributed by atoms with Crippen molar-refractivity contribution in [2.24, 2.45) is 0 Å². The Labute approximate surface area is 131 Å². The predicted octanol–water partition coefficient (Wildman–Crippen LogP) is 2.23. The van der Waals surface area contributed by atoms with E-state index in [1.165, 1.54) is 7.11 Å². The largest absolute Gasteiger partial charge is 0.465 e. The summed E-state index contributed by atoms with van der Waals surface area (Å²) in [4.78, 5) is 24.2. The number of ether oxygens (including phenoxy) is 3. The van der Waals surface area contributed by atoms with Gasteiger partial charge in [0.25, 0.3) is 0 Å². The number of nitrogens with zero attached hydrogens (tertiary/aromatic N) is 1. The van der Waals surface area contributed by atoms with Crippen molar-refractivity contribution in [2.75, 3.05) is 31.8 Å². The van der Waals surface area contributed by atoms with Crippen LogP contribution in [-0.2, 0) is 19.0 Å². The van der Waals surface area contributed by atoms with Gasteiger partial charge in [0, 0.05) is 31.9 Å². The van der Waals surface area contributed by atoms with Crippen molar-refractivity contribution < 1.29 is 23.8 Å². The summed E-state index contributed by atoms with van der Waals surface area (Å²) in [7, 11) is 1.33. The van der Waals surface area contributed by atoms with Gasteiger partial charge in [-0.25, -0.2) is 4.79 Å². The first-order valence-corrected chi connectivity index (χ1v) is 7.29. The average Bonchev–Trinajstić information content (AvgIpc) is 2.55. The Bertz CT molecular complexity index is 454. The first-order chi connectivity index (χ1) is 10.7. The molecular formula is C16H23NO5. The van der Waals surface area contributed by atoms with Gasteiger partial charge in [-0.15, -0.1) is 0 Å². The third kappa shape index (κ3) is 5.46. The molecule has 1 aromatic rings. The average molecular weight is 309 g/mol. The van der Waals surface area contributed by atoms with Gasteiger partial charge in [0.2, 0.25) is 6.41 Å². The Morgan fingerprint density at radius 3 is 2.23 bits per heavy atom. The van der Waals surface area contributed by atoms with Gasteiger partial charge in [-0.2, -0.15) is 0 Å². The van der Waals surface area contributed by atoms with Crippen LogP contribution in [0.5, 0.6) is 0 Å². The molecule has 22 heavy (non-hydrogen) atoms. The lowest BCUT2D eigenvalue weighted by Crippen LogP contribution is -2.28. The van der Waals surface area contributed by atoms with Crippen molar-refractivity contribution in [1.29, 1.82) is 0 Å². The fraction of sp³-hybridized carbons (Fsp3) is 0.500. The Morgan fingerprint density at radius 1 is 1.18 bits per heavy atom. The van der Waals surface area contributed by atoms with Gasteiger partial charge in [-0.05, 0) is 38.1 Å². The number of anilines is 1. The van der Waals surface area contributed by atoms with Gasteiger partial charge in [0.1, 0.15) is 0 Å². The highest BCUT2D eigenvalue weighted by molar-refractivity contribution is 5.90. The van der Waals surface area contributed by atoms with Crippen LogP contribution >= 0.6 is 0 Å². The molecule has 0 aliphatic carbocycles. The third-order valence-electron chi connectivity index (χ3n) is 3.06. The van der Waals surface area contributed by atoms with Crippen LogP contribution in [0, 0.1) is 0 Å². The van der Waals surface area contributed by atoms with Crippen molar-refractivity contribution in [3.05, 3.63) is 29.8 Å². The first kappa shape index (κ1) is 18.1. The van der Waals surface area contributed by atoms with E-state index in [0.717, 1.165) is 6.41 Å². The van der Waals surface area contributed by atoms with Gasteiger partial charge >= 0.3 is 5.97 Å². The minimum atomic E-state index is -0.406. The number of methoxy groups -OCH3 is 1. The van der Waals surface area contributed by atoms with Crippen LogP contribution in [-0.4, -0.2) is 45.5 Å². The number of benzene rings is 1. The molecule has 0 radical (unpaired) electrons. The van der Waals surface area contributed by atoms with Crippen molar-refractivity contribution in [3.8, 4) is 0 Å². The summed E-state index contributed by atoms with van der Waals surface area (Å²) in [5.74, 6) is -0.406. The molecule has 122 valence electrons. The van der Waals surface area contributed by atoms with E-state index in [2.05, 4.69) is 4.74 Å². The molecule has 0 heterocycles. The van der Waals surface area contributed by atoms with E-state index in [-0.39, 0.29) is 6.29 Å². The molecule has 1 aromatic carbocycles. The first-order valence-electron chi connectivity index (χ1n) is 7.29. The zero-order valence-corrected chi connectivity index (χ0v) is 13.3. The van der Waals surface area contributed by atoms with E-state index in [1.54, 1.807) is 29.2 Å². The number of hydrogen-bond acceptors (Lipinski definition) is 5. The minimum absolute atomic E-state index is 0.327. The Balaban J connectivity index is 2.66. The molecule has 0 fully saturated rings. The van der Waals surface area contributed by atoms with Crippen LogP contribution in [0.2, 0.25) is 0 Å². The highest BCUT2D eigenvalue weighted by Crippen LogP contribution is 2.16. The topological polar surface area (TPSA) is 65.1 Å². The number of amides is 1. The number of hydrogen-bond donors (Lipinski definition) is 0. The molecule has 6 heteroatoms. The molecule has 0 unspecified atom stereocenters. The molecule has 0 saturated carbocycles. The lowest BCUT2D eigenvalue weighted by molar-refractivity contribution is -0.138. The molecule has 0 saturated heterocycles. The molecule has 0 bridgehead atoms. The molecule has 0 aliphatic rings. The molecule has 0 aromatic heterocycles. The maximum absolute atomic E-state index is 11.4. The second-order valence-corrected chi connectivity index (χ2v) is 4.47. The molecule has 1 rings (SSSR count). The fourth-order valence-electron chi connectivity index (χ4n) is 1.98. The second kappa shape index (κ2) is 9.92. The van der Waals surface area contributed by atoms with Gasteiger partial charge in [-0.1, -0.05) is 0 Å².